The molecule has 0 aliphatic carbocycles. The second-order valence-electron chi connectivity index (χ2n) is 5.37. The van der Waals surface area contributed by atoms with Crippen molar-refractivity contribution in [2.75, 3.05) is 0 Å². The average Bonchev–Trinajstić information content (AvgIpc) is 2.40. The first-order valence-electron chi connectivity index (χ1n) is 7.73. The number of hydrogen-bond acceptors (Lipinski definition) is 2. The van der Waals surface area contributed by atoms with E-state index in [1.54, 1.807) is 0 Å². The molecule has 19 heavy (non-hydrogen) atoms. The molecule has 4 heteroatoms. The van der Waals surface area contributed by atoms with Gasteiger partial charge in [0.25, 0.3) is 0 Å². The molecule has 1 N–H and O–H groups in total. The Hall–Kier alpha value is -1.06. The lowest BCUT2D eigenvalue weighted by atomic mass is 9.96. The van der Waals surface area contributed by atoms with Crippen molar-refractivity contribution in [3.8, 4) is 0 Å². The van der Waals surface area contributed by atoms with Gasteiger partial charge >= 0.3 is 0 Å². The Bertz CT molecular complexity index is 317. The predicted octanol–water partition coefficient (Wildman–Crippen LogP) is 2.47. The van der Waals surface area contributed by atoms with Gasteiger partial charge in [-0.25, -0.2) is 0 Å². The Labute approximate surface area is 116 Å². The van der Waals surface area contributed by atoms with Gasteiger partial charge in [0.05, 0.1) is 0 Å². The summed E-state index contributed by atoms with van der Waals surface area (Å²) in [6.45, 7) is 8.24. The van der Waals surface area contributed by atoms with Crippen LogP contribution in [0.4, 0.5) is 0 Å². The highest BCUT2D eigenvalue weighted by Gasteiger charge is 2.41. The van der Waals surface area contributed by atoms with Crippen LogP contribution in [0.5, 0.6) is 0 Å². The van der Waals surface area contributed by atoms with Crippen LogP contribution >= 0.6 is 0 Å². The molecule has 1 heterocycles. The predicted molar refractivity (Wildman–Crippen MR) is 76.8 cm³/mol. The van der Waals surface area contributed by atoms with Gasteiger partial charge in [0, 0.05) is 6.04 Å². The molecule has 3 unspecified atom stereocenters. The first kappa shape index (κ1) is 16.0. The van der Waals surface area contributed by atoms with Gasteiger partial charge in [0.15, 0.2) is 0 Å². The summed E-state index contributed by atoms with van der Waals surface area (Å²) in [5.74, 6) is 0.142. The maximum Gasteiger partial charge on any atom is 0.246 e. The van der Waals surface area contributed by atoms with Crippen molar-refractivity contribution in [3.05, 3.63) is 0 Å². The van der Waals surface area contributed by atoms with Crippen molar-refractivity contribution in [1.29, 1.82) is 0 Å². The Morgan fingerprint density at radius 2 is 1.84 bits per heavy atom. The average molecular weight is 268 g/mol. The van der Waals surface area contributed by atoms with Crippen molar-refractivity contribution in [2.45, 2.75) is 84.3 Å². The summed E-state index contributed by atoms with van der Waals surface area (Å²) in [4.78, 5) is 26.7. The molecule has 1 aliphatic heterocycles. The molecule has 1 fully saturated rings. The molecule has 1 aliphatic rings. The Balaban J connectivity index is 2.97. The van der Waals surface area contributed by atoms with Gasteiger partial charge in [-0.2, -0.15) is 0 Å². The number of hydrogen-bond donors (Lipinski definition) is 1. The van der Waals surface area contributed by atoms with Crippen LogP contribution in [0.1, 0.15) is 66.2 Å². The zero-order valence-electron chi connectivity index (χ0n) is 12.7. The van der Waals surface area contributed by atoms with Crippen molar-refractivity contribution in [3.63, 3.8) is 0 Å². The van der Waals surface area contributed by atoms with Crippen molar-refractivity contribution >= 4 is 11.8 Å². The Kier molecular flexibility index (Phi) is 6.32. The summed E-state index contributed by atoms with van der Waals surface area (Å²) < 4.78 is 0. The largest absolute Gasteiger partial charge is 0.343 e. The van der Waals surface area contributed by atoms with Crippen LogP contribution in [0.25, 0.3) is 0 Å². The van der Waals surface area contributed by atoms with Crippen LogP contribution in [0.2, 0.25) is 0 Å². The number of rotatable bonds is 7. The summed E-state index contributed by atoms with van der Waals surface area (Å²) in [6, 6.07) is -0.392. The third kappa shape index (κ3) is 3.48. The number of nitrogens with one attached hydrogen (secondary N) is 1. The molecule has 0 saturated carbocycles. The molecule has 0 aromatic heterocycles. The zero-order chi connectivity index (χ0) is 14.4. The molecule has 1 saturated heterocycles. The third-order valence-electron chi connectivity index (χ3n) is 3.96. The smallest absolute Gasteiger partial charge is 0.246 e. The summed E-state index contributed by atoms with van der Waals surface area (Å²) in [7, 11) is 0. The number of carbonyl (C=O) groups excluding carboxylic acids is 2. The summed E-state index contributed by atoms with van der Waals surface area (Å²) in [6.07, 6.45) is 5.27. The van der Waals surface area contributed by atoms with Crippen LogP contribution in [-0.2, 0) is 9.59 Å². The lowest BCUT2D eigenvalue weighted by molar-refractivity contribution is -0.152. The van der Waals surface area contributed by atoms with Gasteiger partial charge in [0.2, 0.25) is 11.8 Å². The fraction of sp³-hybridized carbons (Fsp3) is 0.867. The first-order chi connectivity index (χ1) is 9.10. The minimum atomic E-state index is -0.314. The number of nitrogens with zero attached hydrogens (tertiary/aromatic N) is 1. The normalized spacial score (nSPS) is 25.4. The third-order valence-corrected chi connectivity index (χ3v) is 3.96. The maximum absolute atomic E-state index is 12.6. The van der Waals surface area contributed by atoms with Gasteiger partial charge in [0.1, 0.15) is 12.1 Å². The van der Waals surface area contributed by atoms with Crippen molar-refractivity contribution in [2.24, 2.45) is 0 Å². The minimum absolute atomic E-state index is 0.0232. The van der Waals surface area contributed by atoms with E-state index in [2.05, 4.69) is 19.2 Å². The highest BCUT2D eigenvalue weighted by Crippen LogP contribution is 2.22. The number of carbonyl (C=O) groups is 2. The van der Waals surface area contributed by atoms with Crippen molar-refractivity contribution in [1.82, 2.24) is 10.2 Å². The van der Waals surface area contributed by atoms with Crippen molar-refractivity contribution < 1.29 is 9.59 Å². The van der Waals surface area contributed by atoms with Gasteiger partial charge < -0.3 is 10.2 Å². The van der Waals surface area contributed by atoms with E-state index in [-0.39, 0.29) is 29.9 Å². The first-order valence-corrected chi connectivity index (χ1v) is 7.73. The molecule has 110 valence electrons. The molecule has 4 nitrogen and oxygen atoms in total. The lowest BCUT2D eigenvalue weighted by Gasteiger charge is -2.43. The fourth-order valence-corrected chi connectivity index (χ4v) is 2.96. The molecule has 0 aromatic carbocycles. The minimum Gasteiger partial charge on any atom is -0.343 e. The zero-order valence-corrected chi connectivity index (χ0v) is 12.7. The molecule has 3 atom stereocenters. The van der Waals surface area contributed by atoms with Gasteiger partial charge in [-0.1, -0.05) is 40.5 Å². The number of amides is 2. The van der Waals surface area contributed by atoms with E-state index in [0.717, 1.165) is 32.1 Å². The topological polar surface area (TPSA) is 49.4 Å². The highest BCUT2D eigenvalue weighted by atomic mass is 16.2. The van der Waals surface area contributed by atoms with E-state index in [4.69, 9.17) is 0 Å². The number of piperazine rings is 1. The van der Waals surface area contributed by atoms with Crippen LogP contribution in [-0.4, -0.2) is 34.8 Å². The summed E-state index contributed by atoms with van der Waals surface area (Å²) >= 11 is 0. The van der Waals surface area contributed by atoms with E-state index >= 15 is 0 Å². The molecule has 0 aromatic rings. The van der Waals surface area contributed by atoms with Crippen LogP contribution in [0.15, 0.2) is 0 Å². The van der Waals surface area contributed by atoms with E-state index in [9.17, 15) is 9.59 Å². The second kappa shape index (κ2) is 7.51. The molecular weight excluding hydrogens is 240 g/mol. The van der Waals surface area contributed by atoms with E-state index in [1.807, 2.05) is 18.7 Å². The molecule has 1 rings (SSSR count). The summed E-state index contributed by atoms with van der Waals surface area (Å²) in [5.41, 5.74) is 0. The lowest BCUT2D eigenvalue weighted by Crippen LogP contribution is -2.65. The molecule has 2 amide bonds. The van der Waals surface area contributed by atoms with E-state index in [0.29, 0.717) is 6.42 Å². The van der Waals surface area contributed by atoms with Gasteiger partial charge in [-0.15, -0.1) is 0 Å². The molecular formula is C15H28N2O2. The second-order valence-corrected chi connectivity index (χ2v) is 5.37. The van der Waals surface area contributed by atoms with E-state index in [1.165, 1.54) is 0 Å². The van der Waals surface area contributed by atoms with Gasteiger partial charge in [-0.05, 0) is 25.7 Å². The highest BCUT2D eigenvalue weighted by molar-refractivity contribution is 5.97. The Morgan fingerprint density at radius 3 is 2.32 bits per heavy atom. The molecule has 0 bridgehead atoms. The SMILES string of the molecule is CCCC1NC(=O)C(CC)N(C(CC)CCC)C1=O. The van der Waals surface area contributed by atoms with Gasteiger partial charge in [-0.3, -0.25) is 9.59 Å². The monoisotopic (exact) mass is 268 g/mol. The fourth-order valence-electron chi connectivity index (χ4n) is 2.96. The van der Waals surface area contributed by atoms with Crippen LogP contribution in [0, 0.1) is 0 Å². The van der Waals surface area contributed by atoms with Crippen LogP contribution < -0.4 is 5.32 Å². The molecule has 0 radical (unpaired) electrons. The maximum atomic E-state index is 12.6. The molecule has 0 spiro atoms. The van der Waals surface area contributed by atoms with E-state index < -0.39 is 0 Å². The Morgan fingerprint density at radius 1 is 1.16 bits per heavy atom. The summed E-state index contributed by atoms with van der Waals surface area (Å²) in [5, 5.41) is 2.89. The van der Waals surface area contributed by atoms with Crippen LogP contribution in [0.3, 0.4) is 0 Å². The standard InChI is InChI=1S/C15H28N2O2/c1-5-9-11(7-3)17-13(8-4)14(18)16-12(10-6-2)15(17)19/h11-13H,5-10H2,1-4H3,(H,16,18). The quantitative estimate of drug-likeness (QED) is 0.771.